The Kier molecular flexibility index (Phi) is 27.7. The van der Waals surface area contributed by atoms with Crippen molar-refractivity contribution >= 4 is 17.8 Å². The van der Waals surface area contributed by atoms with Gasteiger partial charge in [0.2, 0.25) is 11.7 Å². The maximum atomic E-state index is 14.9. The Morgan fingerprint density at radius 1 is 0.759 bits per heavy atom. The van der Waals surface area contributed by atoms with Gasteiger partial charge in [0.25, 0.3) is 0 Å². The Morgan fingerprint density at radius 2 is 1.36 bits per heavy atom. The molecular formula is C65H95NO21. The number of aliphatic hydroxyl groups excluding tert-OH is 3. The van der Waals surface area contributed by atoms with Crippen molar-refractivity contribution in [2.75, 3.05) is 41.6 Å². The van der Waals surface area contributed by atoms with E-state index < -0.39 is 152 Å². The monoisotopic (exact) mass is 1230 g/mol. The average molecular weight is 1230 g/mol. The fourth-order valence-electron chi connectivity index (χ4n) is 11.8. The number of amides is 1. The minimum absolute atomic E-state index is 0.0572. The highest BCUT2D eigenvalue weighted by Gasteiger charge is 2.63. The number of esters is 1. The zero-order valence-electron chi connectivity index (χ0n) is 52.2. The molecule has 5 aliphatic heterocycles. The summed E-state index contributed by atoms with van der Waals surface area (Å²) in [6.45, 7) is 13.9. The molecule has 6 rings (SSSR count). The predicted octanol–water partition coefficient (Wildman–Crippen LogP) is 5.50. The molecule has 0 aliphatic carbocycles. The Morgan fingerprint density at radius 3 is 1.98 bits per heavy atom. The van der Waals surface area contributed by atoms with Gasteiger partial charge in [0.05, 0.1) is 74.1 Å². The van der Waals surface area contributed by atoms with Crippen molar-refractivity contribution in [2.24, 2.45) is 17.3 Å². The lowest BCUT2D eigenvalue weighted by atomic mass is 9.71. The Balaban J connectivity index is 1.19. The number of carbonyl (C=O) groups is 3. The number of methoxy groups -OCH3 is 4. The molecule has 6 N–H and O–H groups in total. The predicted molar refractivity (Wildman–Crippen MR) is 318 cm³/mol. The van der Waals surface area contributed by atoms with Gasteiger partial charge in [0.15, 0.2) is 25.0 Å². The molecule has 5 fully saturated rings. The highest BCUT2D eigenvalue weighted by Crippen LogP contribution is 2.46. The molecule has 486 valence electrons. The first-order valence-corrected chi connectivity index (χ1v) is 30.0. The Labute approximate surface area is 512 Å². The second-order valence-corrected chi connectivity index (χ2v) is 23.5. The summed E-state index contributed by atoms with van der Waals surface area (Å²) in [6, 6.07) is 8.84. The molecule has 5 aliphatic rings. The normalized spacial score (nSPS) is 36.3. The summed E-state index contributed by atoms with van der Waals surface area (Å²) in [5.74, 6) is -7.19. The largest absolute Gasteiger partial charge is 0.478 e. The van der Waals surface area contributed by atoms with Crippen LogP contribution >= 0.6 is 0 Å². The molecule has 1 aromatic rings. The summed E-state index contributed by atoms with van der Waals surface area (Å²) < 4.78 is 80.6. The SMILES string of the molecule is C/C=C\C=C\[C@@H]1O[C@](O)([C@H](CO[C@H]2C[C@H](OC)[C@H](O[C@@H]3C[C@@H](OC)[C@@H](O[C@H]4C[C@H](OC)[C@H](O)[C@H](C)O4)[C@H](C)O3)[C@H](C)O2)C(=O)NC/C=C/C=C(\C)[C@H](OC)[C@@H](C)[C@@H]2C[C@@H](O)[C@H](/C=C/C=C/C=C/C(=O)O)O2)[C@H](OC(=O)Cc2ccccc2)[C@H](O)C1(C)C. The lowest BCUT2D eigenvalue weighted by molar-refractivity contribution is -0.368. The van der Waals surface area contributed by atoms with E-state index in [4.69, 9.17) is 66.7 Å². The molecule has 22 atom stereocenters. The molecule has 1 amide bonds. The molecule has 5 saturated heterocycles. The molecule has 87 heavy (non-hydrogen) atoms. The van der Waals surface area contributed by atoms with Gasteiger partial charge >= 0.3 is 11.9 Å². The van der Waals surface area contributed by atoms with E-state index in [0.29, 0.717) is 18.4 Å². The number of carbonyl (C=O) groups excluding carboxylic acids is 2. The van der Waals surface area contributed by atoms with Crippen molar-refractivity contribution in [3.8, 4) is 0 Å². The fourth-order valence-corrected chi connectivity index (χ4v) is 11.8. The number of hydrogen-bond acceptors (Lipinski definition) is 20. The summed E-state index contributed by atoms with van der Waals surface area (Å²) >= 11 is 0. The van der Waals surface area contributed by atoms with E-state index in [0.717, 1.165) is 11.6 Å². The molecule has 1 aromatic carbocycles. The maximum Gasteiger partial charge on any atom is 0.328 e. The van der Waals surface area contributed by atoms with Crippen LogP contribution < -0.4 is 5.32 Å². The maximum absolute atomic E-state index is 14.9. The lowest BCUT2D eigenvalue weighted by Crippen LogP contribution is -2.71. The highest BCUT2D eigenvalue weighted by molar-refractivity contribution is 5.81. The van der Waals surface area contributed by atoms with Crippen LogP contribution in [0.2, 0.25) is 0 Å². The van der Waals surface area contributed by atoms with E-state index in [1.807, 2.05) is 33.8 Å². The van der Waals surface area contributed by atoms with E-state index >= 15 is 0 Å². The van der Waals surface area contributed by atoms with Crippen molar-refractivity contribution in [1.29, 1.82) is 0 Å². The summed E-state index contributed by atoms with van der Waals surface area (Å²) in [6.07, 6.45) is 7.66. The smallest absolute Gasteiger partial charge is 0.328 e. The topological polar surface area (TPSA) is 284 Å². The van der Waals surface area contributed by atoms with Crippen LogP contribution in [0.25, 0.3) is 0 Å². The molecule has 22 heteroatoms. The number of carboxylic acids is 1. The third-order valence-corrected chi connectivity index (χ3v) is 16.9. The van der Waals surface area contributed by atoms with E-state index in [9.17, 15) is 34.8 Å². The first kappa shape index (κ1) is 71.2. The lowest BCUT2D eigenvalue weighted by Gasteiger charge is -2.54. The van der Waals surface area contributed by atoms with Gasteiger partial charge in [-0.15, -0.1) is 0 Å². The number of ether oxygens (including phenoxy) is 13. The number of benzene rings is 1. The number of aliphatic carboxylic acids is 1. The van der Waals surface area contributed by atoms with E-state index in [1.54, 1.807) is 133 Å². The van der Waals surface area contributed by atoms with Gasteiger partial charge in [0.1, 0.15) is 36.4 Å². The van der Waals surface area contributed by atoms with Gasteiger partial charge in [-0.1, -0.05) is 124 Å². The number of carboxylic acid groups (broad SMARTS) is 1. The summed E-state index contributed by atoms with van der Waals surface area (Å²) in [7, 11) is 6.24. The molecule has 0 unspecified atom stereocenters. The van der Waals surface area contributed by atoms with Crippen LogP contribution in [-0.2, 0) is 82.4 Å². The van der Waals surface area contributed by atoms with Crippen LogP contribution in [0.3, 0.4) is 0 Å². The molecule has 0 aromatic heterocycles. The third-order valence-electron chi connectivity index (χ3n) is 16.9. The van der Waals surface area contributed by atoms with Crippen molar-refractivity contribution in [1.82, 2.24) is 5.32 Å². The summed E-state index contributed by atoms with van der Waals surface area (Å²) in [4.78, 5) is 39.5. The number of hydrogen-bond donors (Lipinski definition) is 6. The van der Waals surface area contributed by atoms with Crippen LogP contribution in [0.1, 0.15) is 86.6 Å². The average Bonchev–Trinajstić information content (AvgIpc) is 1.73. The minimum atomic E-state index is -2.71. The summed E-state index contributed by atoms with van der Waals surface area (Å²) in [5, 5.41) is 58.5. The minimum Gasteiger partial charge on any atom is -0.478 e. The van der Waals surface area contributed by atoms with Crippen LogP contribution in [0.4, 0.5) is 0 Å². The van der Waals surface area contributed by atoms with Gasteiger partial charge in [0, 0.05) is 78.1 Å². The Hall–Kier alpha value is -4.83. The fraction of sp³-hybridized carbons (Fsp3) is 0.646. The molecule has 0 bridgehead atoms. The van der Waals surface area contributed by atoms with E-state index in [-0.39, 0.29) is 37.8 Å². The zero-order valence-corrected chi connectivity index (χ0v) is 52.2. The molecule has 0 radical (unpaired) electrons. The van der Waals surface area contributed by atoms with Gasteiger partial charge in [-0.3, -0.25) is 9.59 Å². The van der Waals surface area contributed by atoms with Crippen molar-refractivity contribution in [3.05, 3.63) is 120 Å². The summed E-state index contributed by atoms with van der Waals surface area (Å²) in [5.41, 5.74) is 0.265. The first-order chi connectivity index (χ1) is 41.5. The standard InChI is InChI=1S/C65H95NO21/c1-13-14-18-29-51-64(7,8)61(72)62(84-53(70)32-43-26-19-17-20-27-43)65(74,87-51)44(63(73)66-31-24-23-25-38(2)58(78-12)39(3)47-33-45(67)46(83-47)28-21-15-16-22-30-52(68)69)37-79-54-35-49(76-10)59(41(5)81-54)86-56-36-50(77-11)60(42(6)82-56)85-55-34-48(75-9)57(71)40(4)80-55/h13-30,39-42,44-51,54-62,67,71-72,74H,31-37H2,1-12H3,(H,66,73)(H,68,69)/b14-13-,16-15+,24-23+,28-21+,29-18+,30-22+,38-25+/t39-,40-,41-,42-,44+,45+,46-,47-,48-,49-,50+,51-,54+,55-,56+,57+,58-,59+,60-,61-,62+,65+/m0/s1. The van der Waals surface area contributed by atoms with Crippen molar-refractivity contribution in [3.63, 3.8) is 0 Å². The quantitative estimate of drug-likeness (QED) is 0.0343. The number of nitrogens with one attached hydrogen (secondary N) is 1. The van der Waals surface area contributed by atoms with E-state index in [2.05, 4.69) is 5.32 Å². The van der Waals surface area contributed by atoms with Crippen LogP contribution in [0, 0.1) is 17.3 Å². The number of allylic oxidation sites excluding steroid dienone is 9. The van der Waals surface area contributed by atoms with Crippen LogP contribution in [0.15, 0.2) is 115 Å². The van der Waals surface area contributed by atoms with E-state index in [1.165, 1.54) is 20.3 Å². The first-order valence-electron chi connectivity index (χ1n) is 30.0. The van der Waals surface area contributed by atoms with Crippen molar-refractivity contribution < 1.29 is 101 Å². The number of rotatable bonds is 28. The molecule has 22 nitrogen and oxygen atoms in total. The van der Waals surface area contributed by atoms with Gasteiger partial charge < -0.3 is 92.4 Å². The van der Waals surface area contributed by atoms with Crippen LogP contribution in [-0.4, -0.2) is 207 Å². The molecular weight excluding hydrogens is 1130 g/mol. The van der Waals surface area contributed by atoms with Crippen LogP contribution in [0.5, 0.6) is 0 Å². The van der Waals surface area contributed by atoms with Crippen molar-refractivity contribution in [2.45, 2.75) is 210 Å². The highest BCUT2D eigenvalue weighted by atomic mass is 16.7. The molecule has 0 spiro atoms. The second kappa shape index (κ2) is 33.8. The second-order valence-electron chi connectivity index (χ2n) is 23.5. The van der Waals surface area contributed by atoms with Gasteiger partial charge in [-0.25, -0.2) is 4.79 Å². The molecule has 0 saturated carbocycles. The third kappa shape index (κ3) is 19.1. The zero-order chi connectivity index (χ0) is 63.6. The Bertz CT molecular complexity index is 2530. The number of aliphatic hydroxyl groups is 4. The van der Waals surface area contributed by atoms with Gasteiger partial charge in [-0.05, 0) is 45.8 Å². The van der Waals surface area contributed by atoms with Gasteiger partial charge in [-0.2, -0.15) is 0 Å². The molecule has 5 heterocycles.